The van der Waals surface area contributed by atoms with E-state index in [1.54, 1.807) is 30.1 Å². The van der Waals surface area contributed by atoms with Crippen molar-refractivity contribution in [1.82, 2.24) is 9.21 Å². The van der Waals surface area contributed by atoms with E-state index in [1.165, 1.54) is 10.4 Å². The first kappa shape index (κ1) is 17.9. The van der Waals surface area contributed by atoms with Crippen LogP contribution < -0.4 is 0 Å². The van der Waals surface area contributed by atoms with E-state index < -0.39 is 10.0 Å². The van der Waals surface area contributed by atoms with E-state index in [1.807, 2.05) is 13.8 Å². The Morgan fingerprint density at radius 1 is 1.22 bits per heavy atom. The Bertz CT molecular complexity index is 650. The Hall–Kier alpha value is -1.40. The first-order valence-electron chi connectivity index (χ1n) is 8.18. The molecule has 0 aromatic heterocycles. The molecule has 1 amide bonds. The number of benzene rings is 1. The van der Waals surface area contributed by atoms with Crippen LogP contribution in [0.3, 0.4) is 0 Å². The van der Waals surface area contributed by atoms with Crippen LogP contribution in [0.1, 0.15) is 43.5 Å². The maximum absolute atomic E-state index is 12.7. The SMILES string of the molecule is CC(C)CN(C)C(=O)c1cccc(S(=O)(=O)N2CCCCC2)c1. The molecule has 0 spiro atoms. The van der Waals surface area contributed by atoms with Crippen LogP contribution in [0.2, 0.25) is 0 Å². The van der Waals surface area contributed by atoms with Gasteiger partial charge in [-0.3, -0.25) is 4.79 Å². The van der Waals surface area contributed by atoms with Crippen molar-refractivity contribution in [3.05, 3.63) is 29.8 Å². The second-order valence-corrected chi connectivity index (χ2v) is 8.51. The van der Waals surface area contributed by atoms with Crippen LogP contribution in [-0.4, -0.2) is 50.2 Å². The topological polar surface area (TPSA) is 57.7 Å². The molecule has 0 radical (unpaired) electrons. The fraction of sp³-hybridized carbons (Fsp3) is 0.588. The van der Waals surface area contributed by atoms with Gasteiger partial charge in [0.1, 0.15) is 0 Å². The molecule has 1 aromatic carbocycles. The number of carbonyl (C=O) groups excluding carboxylic acids is 1. The van der Waals surface area contributed by atoms with E-state index in [4.69, 9.17) is 0 Å². The van der Waals surface area contributed by atoms with Gasteiger partial charge in [-0.1, -0.05) is 26.3 Å². The molecule has 6 heteroatoms. The van der Waals surface area contributed by atoms with Gasteiger partial charge in [0.15, 0.2) is 0 Å². The fourth-order valence-corrected chi connectivity index (χ4v) is 4.46. The summed E-state index contributed by atoms with van der Waals surface area (Å²) in [4.78, 5) is 14.3. The molecule has 0 N–H and O–H groups in total. The molecule has 2 rings (SSSR count). The van der Waals surface area contributed by atoms with Crippen molar-refractivity contribution in [3.8, 4) is 0 Å². The smallest absolute Gasteiger partial charge is 0.253 e. The van der Waals surface area contributed by atoms with Crippen molar-refractivity contribution >= 4 is 15.9 Å². The van der Waals surface area contributed by atoms with Crippen molar-refractivity contribution in [3.63, 3.8) is 0 Å². The highest BCUT2D eigenvalue weighted by Crippen LogP contribution is 2.21. The third-order valence-corrected chi connectivity index (χ3v) is 5.91. The molecule has 5 nitrogen and oxygen atoms in total. The molecule has 0 bridgehead atoms. The summed E-state index contributed by atoms with van der Waals surface area (Å²) >= 11 is 0. The van der Waals surface area contributed by atoms with Crippen LogP contribution in [0.25, 0.3) is 0 Å². The minimum absolute atomic E-state index is 0.144. The van der Waals surface area contributed by atoms with Gasteiger partial charge in [0.2, 0.25) is 10.0 Å². The third kappa shape index (κ3) is 4.32. The van der Waals surface area contributed by atoms with Crippen LogP contribution in [-0.2, 0) is 10.0 Å². The predicted molar refractivity (Wildman–Crippen MR) is 90.9 cm³/mol. The zero-order chi connectivity index (χ0) is 17.0. The number of rotatable bonds is 5. The Balaban J connectivity index is 2.23. The highest BCUT2D eigenvalue weighted by atomic mass is 32.2. The lowest BCUT2D eigenvalue weighted by atomic mass is 10.1. The maximum Gasteiger partial charge on any atom is 0.253 e. The molecule has 1 aromatic rings. The fourth-order valence-electron chi connectivity index (χ4n) is 2.89. The molecular weight excluding hydrogens is 312 g/mol. The first-order valence-corrected chi connectivity index (χ1v) is 9.62. The summed E-state index contributed by atoms with van der Waals surface area (Å²) in [6.07, 6.45) is 2.87. The lowest BCUT2D eigenvalue weighted by Gasteiger charge is -2.26. The van der Waals surface area contributed by atoms with Gasteiger partial charge < -0.3 is 4.90 Å². The number of amides is 1. The van der Waals surface area contributed by atoms with Gasteiger partial charge >= 0.3 is 0 Å². The van der Waals surface area contributed by atoms with Gasteiger partial charge in [-0.15, -0.1) is 0 Å². The standard InChI is InChI=1S/C17H26N2O3S/c1-14(2)13-18(3)17(20)15-8-7-9-16(12-15)23(21,22)19-10-5-4-6-11-19/h7-9,12,14H,4-6,10-11,13H2,1-3H3. The molecule has 1 saturated heterocycles. The van der Waals surface area contributed by atoms with Crippen molar-refractivity contribution in [2.75, 3.05) is 26.7 Å². The number of hydrogen-bond acceptors (Lipinski definition) is 3. The lowest BCUT2D eigenvalue weighted by Crippen LogP contribution is -2.36. The summed E-state index contributed by atoms with van der Waals surface area (Å²) in [6, 6.07) is 6.40. The van der Waals surface area contributed by atoms with Gasteiger partial charge in [-0.2, -0.15) is 4.31 Å². The van der Waals surface area contributed by atoms with Gasteiger partial charge in [0, 0.05) is 32.2 Å². The number of hydrogen-bond donors (Lipinski definition) is 0. The summed E-state index contributed by atoms with van der Waals surface area (Å²) in [5, 5.41) is 0. The zero-order valence-corrected chi connectivity index (χ0v) is 15.0. The van der Waals surface area contributed by atoms with Crippen molar-refractivity contribution in [1.29, 1.82) is 0 Å². The maximum atomic E-state index is 12.7. The summed E-state index contributed by atoms with van der Waals surface area (Å²) < 4.78 is 26.9. The van der Waals surface area contributed by atoms with E-state index >= 15 is 0 Å². The quantitative estimate of drug-likeness (QED) is 0.829. The normalized spacial score (nSPS) is 16.5. The summed E-state index contributed by atoms with van der Waals surface area (Å²) in [5.41, 5.74) is 0.422. The second-order valence-electron chi connectivity index (χ2n) is 6.57. The lowest BCUT2D eigenvalue weighted by molar-refractivity contribution is 0.0779. The predicted octanol–water partition coefficient (Wildman–Crippen LogP) is 2.59. The molecular formula is C17H26N2O3S. The van der Waals surface area contributed by atoms with Crippen LogP contribution in [0, 0.1) is 5.92 Å². The first-order chi connectivity index (χ1) is 10.8. The molecule has 0 aliphatic carbocycles. The van der Waals surface area contributed by atoms with E-state index in [9.17, 15) is 13.2 Å². The Labute approximate surface area is 139 Å². The van der Waals surface area contributed by atoms with Gasteiger partial charge in [-0.05, 0) is 37.0 Å². The third-order valence-electron chi connectivity index (χ3n) is 4.02. The molecule has 23 heavy (non-hydrogen) atoms. The van der Waals surface area contributed by atoms with Crippen LogP contribution >= 0.6 is 0 Å². The van der Waals surface area contributed by atoms with E-state index in [-0.39, 0.29) is 10.8 Å². The number of piperidine rings is 1. The van der Waals surface area contributed by atoms with Gasteiger partial charge in [0.05, 0.1) is 4.90 Å². The van der Waals surface area contributed by atoms with Crippen molar-refractivity contribution in [2.24, 2.45) is 5.92 Å². The molecule has 1 fully saturated rings. The van der Waals surface area contributed by atoms with E-state index in [0.717, 1.165) is 19.3 Å². The van der Waals surface area contributed by atoms with Gasteiger partial charge in [0.25, 0.3) is 5.91 Å². The number of nitrogens with zero attached hydrogens (tertiary/aromatic N) is 2. The van der Waals surface area contributed by atoms with Crippen LogP contribution in [0.4, 0.5) is 0 Å². The number of carbonyl (C=O) groups is 1. The average Bonchev–Trinajstić information content (AvgIpc) is 2.54. The molecule has 0 unspecified atom stereocenters. The molecule has 128 valence electrons. The molecule has 1 aliphatic heterocycles. The van der Waals surface area contributed by atoms with Gasteiger partial charge in [-0.25, -0.2) is 8.42 Å². The highest BCUT2D eigenvalue weighted by molar-refractivity contribution is 7.89. The Morgan fingerprint density at radius 2 is 1.87 bits per heavy atom. The summed E-state index contributed by atoms with van der Waals surface area (Å²) in [7, 11) is -1.76. The Morgan fingerprint density at radius 3 is 2.48 bits per heavy atom. The van der Waals surface area contributed by atoms with E-state index in [2.05, 4.69) is 0 Å². The van der Waals surface area contributed by atoms with Crippen LogP contribution in [0.15, 0.2) is 29.2 Å². The molecule has 0 saturated carbocycles. The van der Waals surface area contributed by atoms with Crippen molar-refractivity contribution in [2.45, 2.75) is 38.0 Å². The monoisotopic (exact) mass is 338 g/mol. The van der Waals surface area contributed by atoms with E-state index in [0.29, 0.717) is 31.1 Å². The number of sulfonamides is 1. The molecule has 1 heterocycles. The minimum Gasteiger partial charge on any atom is -0.341 e. The van der Waals surface area contributed by atoms with Crippen molar-refractivity contribution < 1.29 is 13.2 Å². The molecule has 0 atom stereocenters. The second kappa shape index (κ2) is 7.45. The zero-order valence-electron chi connectivity index (χ0n) is 14.2. The molecule has 1 aliphatic rings. The largest absolute Gasteiger partial charge is 0.341 e. The summed E-state index contributed by atoms with van der Waals surface area (Å²) in [6.45, 7) is 5.85. The Kier molecular flexibility index (Phi) is 5.81. The minimum atomic E-state index is -3.50. The average molecular weight is 338 g/mol. The summed E-state index contributed by atoms with van der Waals surface area (Å²) in [5.74, 6) is 0.221. The van der Waals surface area contributed by atoms with Crippen LogP contribution in [0.5, 0.6) is 0 Å². The highest BCUT2D eigenvalue weighted by Gasteiger charge is 2.26.